The Morgan fingerprint density at radius 2 is 2.10 bits per heavy atom. The summed E-state index contributed by atoms with van der Waals surface area (Å²) in [6.45, 7) is 9.75. The Labute approximate surface area is 177 Å². The predicted molar refractivity (Wildman–Crippen MR) is 116 cm³/mol. The largest absolute Gasteiger partial charge is 0.374 e. The fourth-order valence-corrected chi connectivity index (χ4v) is 3.86. The normalized spacial score (nSPS) is 17.5. The average Bonchev–Trinajstić information content (AvgIpc) is 3.15. The number of carbonyl (C=O) groups is 1. The van der Waals surface area contributed by atoms with Crippen LogP contribution in [0.5, 0.6) is 0 Å². The van der Waals surface area contributed by atoms with Gasteiger partial charge in [0.15, 0.2) is 5.65 Å². The van der Waals surface area contributed by atoms with E-state index < -0.39 is 0 Å². The lowest BCUT2D eigenvalue weighted by Crippen LogP contribution is -2.47. The van der Waals surface area contributed by atoms with Gasteiger partial charge in [-0.2, -0.15) is 5.10 Å². The molecule has 0 spiro atoms. The van der Waals surface area contributed by atoms with Crippen LogP contribution in [0.25, 0.3) is 11.0 Å². The van der Waals surface area contributed by atoms with Gasteiger partial charge in [0.25, 0.3) is 5.91 Å². The molecule has 2 aromatic heterocycles. The fourth-order valence-electron chi connectivity index (χ4n) is 3.86. The molecule has 1 aliphatic heterocycles. The number of morpholine rings is 1. The zero-order valence-electron chi connectivity index (χ0n) is 17.8. The monoisotopic (exact) mass is 407 g/mol. The third-order valence-electron chi connectivity index (χ3n) is 5.46. The Bertz CT molecular complexity index is 1020. The number of nitrogens with one attached hydrogen (secondary N) is 1. The van der Waals surface area contributed by atoms with E-state index >= 15 is 0 Å². The van der Waals surface area contributed by atoms with Gasteiger partial charge in [0.2, 0.25) is 0 Å². The van der Waals surface area contributed by atoms with Gasteiger partial charge in [-0.15, -0.1) is 0 Å². The number of aromatic nitrogens is 3. The van der Waals surface area contributed by atoms with Crippen LogP contribution in [-0.2, 0) is 11.3 Å². The van der Waals surface area contributed by atoms with Gasteiger partial charge < -0.3 is 10.1 Å². The second-order valence-corrected chi connectivity index (χ2v) is 8.14. The van der Waals surface area contributed by atoms with Crippen molar-refractivity contribution in [2.75, 3.05) is 26.2 Å². The maximum atomic E-state index is 12.8. The third-order valence-corrected chi connectivity index (χ3v) is 5.46. The molecule has 1 unspecified atom stereocenters. The molecule has 1 saturated heterocycles. The van der Waals surface area contributed by atoms with E-state index in [1.807, 2.05) is 23.7 Å². The van der Waals surface area contributed by atoms with E-state index in [0.29, 0.717) is 24.4 Å². The van der Waals surface area contributed by atoms with Gasteiger partial charge in [-0.3, -0.25) is 9.69 Å². The van der Waals surface area contributed by atoms with Gasteiger partial charge >= 0.3 is 0 Å². The van der Waals surface area contributed by atoms with Crippen LogP contribution in [0.1, 0.15) is 41.5 Å². The highest BCUT2D eigenvalue weighted by atomic mass is 16.5. The zero-order chi connectivity index (χ0) is 21.1. The summed E-state index contributed by atoms with van der Waals surface area (Å²) in [6.07, 6.45) is 1.75. The molecule has 7 nitrogen and oxygen atoms in total. The molecule has 1 amide bonds. The minimum Gasteiger partial charge on any atom is -0.374 e. The standard InChI is InChI=1S/C23H29N5O2/c1-16(2)28-22-19(12-25-28)11-21(17(3)26-22)23(29)24-13-20-15-27(9-10-30-20)14-18-7-5-4-6-8-18/h4-8,11-12,16,20H,9-10,13-15H2,1-3H3,(H,24,29). The highest BCUT2D eigenvalue weighted by molar-refractivity contribution is 5.98. The molecule has 0 bridgehead atoms. The summed E-state index contributed by atoms with van der Waals surface area (Å²) in [7, 11) is 0. The molecule has 1 aliphatic rings. The lowest BCUT2D eigenvalue weighted by molar-refractivity contribution is -0.0292. The fraction of sp³-hybridized carbons (Fsp3) is 0.435. The Morgan fingerprint density at radius 3 is 2.87 bits per heavy atom. The van der Waals surface area contributed by atoms with E-state index in [9.17, 15) is 4.79 Å². The van der Waals surface area contributed by atoms with E-state index in [2.05, 4.69) is 58.4 Å². The molecule has 1 N–H and O–H groups in total. The van der Waals surface area contributed by atoms with Crippen molar-refractivity contribution in [2.45, 2.75) is 39.5 Å². The first kappa shape index (κ1) is 20.5. The van der Waals surface area contributed by atoms with Crippen molar-refractivity contribution < 1.29 is 9.53 Å². The molecule has 158 valence electrons. The average molecular weight is 408 g/mol. The highest BCUT2D eigenvalue weighted by Gasteiger charge is 2.22. The van der Waals surface area contributed by atoms with E-state index in [1.54, 1.807) is 6.20 Å². The number of amides is 1. The van der Waals surface area contributed by atoms with Crippen LogP contribution in [0.4, 0.5) is 0 Å². The summed E-state index contributed by atoms with van der Waals surface area (Å²) < 4.78 is 7.75. The summed E-state index contributed by atoms with van der Waals surface area (Å²) in [5.74, 6) is -0.122. The highest BCUT2D eigenvalue weighted by Crippen LogP contribution is 2.19. The number of fused-ring (bicyclic) bond motifs is 1. The van der Waals surface area contributed by atoms with Gasteiger partial charge in [-0.05, 0) is 32.4 Å². The van der Waals surface area contributed by atoms with Crippen molar-refractivity contribution in [1.82, 2.24) is 25.0 Å². The van der Waals surface area contributed by atoms with Crippen molar-refractivity contribution in [1.29, 1.82) is 0 Å². The van der Waals surface area contributed by atoms with Gasteiger partial charge in [-0.25, -0.2) is 9.67 Å². The van der Waals surface area contributed by atoms with Crippen LogP contribution in [0.15, 0.2) is 42.6 Å². The summed E-state index contributed by atoms with van der Waals surface area (Å²) in [5.41, 5.74) is 3.39. The lowest BCUT2D eigenvalue weighted by atomic mass is 10.1. The number of ether oxygens (including phenoxy) is 1. The summed E-state index contributed by atoms with van der Waals surface area (Å²) >= 11 is 0. The molecule has 30 heavy (non-hydrogen) atoms. The molecule has 3 aromatic rings. The van der Waals surface area contributed by atoms with Crippen molar-refractivity contribution in [2.24, 2.45) is 0 Å². The first-order chi connectivity index (χ1) is 14.5. The number of carbonyl (C=O) groups excluding carboxylic acids is 1. The second kappa shape index (κ2) is 8.93. The summed E-state index contributed by atoms with van der Waals surface area (Å²) in [4.78, 5) is 19.8. The SMILES string of the molecule is Cc1nc2c(cnn2C(C)C)cc1C(=O)NCC1CN(Cc2ccccc2)CCO1. The van der Waals surface area contributed by atoms with Crippen LogP contribution >= 0.6 is 0 Å². The maximum Gasteiger partial charge on any atom is 0.253 e. The van der Waals surface area contributed by atoms with Crippen LogP contribution < -0.4 is 5.32 Å². The Kier molecular flexibility index (Phi) is 6.11. The second-order valence-electron chi connectivity index (χ2n) is 8.14. The van der Waals surface area contributed by atoms with E-state index in [-0.39, 0.29) is 18.1 Å². The number of aryl methyl sites for hydroxylation is 1. The molecule has 7 heteroatoms. The van der Waals surface area contributed by atoms with Gasteiger partial charge in [0, 0.05) is 37.6 Å². The maximum absolute atomic E-state index is 12.8. The van der Waals surface area contributed by atoms with Crippen molar-refractivity contribution in [3.63, 3.8) is 0 Å². The molecule has 3 heterocycles. The van der Waals surface area contributed by atoms with E-state index in [0.717, 1.165) is 30.7 Å². The van der Waals surface area contributed by atoms with Crippen LogP contribution in [0.2, 0.25) is 0 Å². The quantitative estimate of drug-likeness (QED) is 0.680. The molecule has 4 rings (SSSR count). The molecule has 1 atom stereocenters. The summed E-state index contributed by atoms with van der Waals surface area (Å²) in [5, 5.41) is 8.30. The lowest BCUT2D eigenvalue weighted by Gasteiger charge is -2.33. The minimum absolute atomic E-state index is 0.0212. The molecule has 1 aromatic carbocycles. The molecule has 0 radical (unpaired) electrons. The third kappa shape index (κ3) is 4.52. The van der Waals surface area contributed by atoms with E-state index in [4.69, 9.17) is 4.74 Å². The Morgan fingerprint density at radius 1 is 1.30 bits per heavy atom. The van der Waals surface area contributed by atoms with Gasteiger partial charge in [0.05, 0.1) is 30.2 Å². The molecular formula is C23H29N5O2. The number of pyridine rings is 1. The zero-order valence-corrected chi connectivity index (χ0v) is 17.8. The molecule has 0 saturated carbocycles. The molecular weight excluding hydrogens is 378 g/mol. The van der Waals surface area contributed by atoms with Crippen LogP contribution in [-0.4, -0.2) is 57.9 Å². The van der Waals surface area contributed by atoms with Crippen molar-refractivity contribution in [3.05, 3.63) is 59.4 Å². The van der Waals surface area contributed by atoms with Crippen molar-refractivity contribution in [3.8, 4) is 0 Å². The molecule has 1 fully saturated rings. The molecule has 0 aliphatic carbocycles. The predicted octanol–water partition coefficient (Wildman–Crippen LogP) is 2.95. The number of hydrogen-bond donors (Lipinski definition) is 1. The number of nitrogens with zero attached hydrogens (tertiary/aromatic N) is 4. The van der Waals surface area contributed by atoms with Crippen LogP contribution in [0, 0.1) is 6.92 Å². The number of benzene rings is 1. The topological polar surface area (TPSA) is 72.3 Å². The number of hydrogen-bond acceptors (Lipinski definition) is 5. The minimum atomic E-state index is -0.122. The number of rotatable bonds is 6. The Hall–Kier alpha value is -2.77. The summed E-state index contributed by atoms with van der Waals surface area (Å²) in [6, 6.07) is 12.5. The van der Waals surface area contributed by atoms with Gasteiger partial charge in [0.1, 0.15) is 0 Å². The van der Waals surface area contributed by atoms with Gasteiger partial charge in [-0.1, -0.05) is 30.3 Å². The first-order valence-corrected chi connectivity index (χ1v) is 10.5. The van der Waals surface area contributed by atoms with Crippen LogP contribution in [0.3, 0.4) is 0 Å². The van der Waals surface area contributed by atoms with E-state index in [1.165, 1.54) is 5.56 Å². The Balaban J connectivity index is 1.37. The van der Waals surface area contributed by atoms with Crippen molar-refractivity contribution >= 4 is 16.9 Å². The smallest absolute Gasteiger partial charge is 0.253 e. The first-order valence-electron chi connectivity index (χ1n) is 10.5.